The summed E-state index contributed by atoms with van der Waals surface area (Å²) in [7, 11) is 0. The molecule has 0 bridgehead atoms. The van der Waals surface area contributed by atoms with Crippen molar-refractivity contribution in [3.05, 3.63) is 12.7 Å². The van der Waals surface area contributed by atoms with Crippen LogP contribution in [0.15, 0.2) is 12.7 Å². The molecule has 48 valence electrons. The molecule has 0 aromatic rings. The number of hydrogen-bond acceptors (Lipinski definition) is 1. The highest BCUT2D eigenvalue weighted by atomic mass is 16.2. The first-order valence-corrected chi connectivity index (χ1v) is 3.03. The molecule has 0 heterocycles. The lowest BCUT2D eigenvalue weighted by Crippen LogP contribution is -1.95. The lowest BCUT2D eigenvalue weighted by Gasteiger charge is -2.03. The van der Waals surface area contributed by atoms with E-state index in [1.54, 1.807) is 0 Å². The van der Waals surface area contributed by atoms with Crippen molar-refractivity contribution in [1.29, 1.82) is 0 Å². The van der Waals surface area contributed by atoms with E-state index in [4.69, 9.17) is 5.11 Å². The van der Waals surface area contributed by atoms with E-state index in [1.165, 1.54) is 0 Å². The molecule has 0 rings (SSSR count). The van der Waals surface area contributed by atoms with Gasteiger partial charge in [-0.25, -0.2) is 0 Å². The average Bonchev–Trinajstić information content (AvgIpc) is 1.68. The maximum absolute atomic E-state index is 8.43. The van der Waals surface area contributed by atoms with Gasteiger partial charge >= 0.3 is 0 Å². The minimum atomic E-state index is 0.301. The van der Waals surface area contributed by atoms with Gasteiger partial charge in [-0.3, -0.25) is 0 Å². The van der Waals surface area contributed by atoms with Crippen LogP contribution in [0.5, 0.6) is 0 Å². The topological polar surface area (TPSA) is 20.2 Å². The number of allylic oxidation sites excluding steroid dienone is 1. The van der Waals surface area contributed by atoms with Crippen molar-refractivity contribution >= 4 is 0 Å². The quantitative estimate of drug-likeness (QED) is 0.550. The first kappa shape index (κ1) is 7.70. The fourth-order valence-corrected chi connectivity index (χ4v) is 0.623. The lowest BCUT2D eigenvalue weighted by molar-refractivity contribution is 0.263. The molecule has 1 nitrogen and oxygen atoms in total. The Kier molecular flexibility index (Phi) is 4.67. The van der Waals surface area contributed by atoms with Gasteiger partial charge in [-0.05, 0) is 18.8 Å². The normalized spacial score (nSPS) is 13.2. The van der Waals surface area contributed by atoms with Gasteiger partial charge in [-0.1, -0.05) is 13.0 Å². The molecule has 0 amide bonds. The Hall–Kier alpha value is -0.300. The molecule has 1 N–H and O–H groups in total. The third-order valence-corrected chi connectivity index (χ3v) is 1.19. The van der Waals surface area contributed by atoms with Crippen LogP contribution < -0.4 is 0 Å². The van der Waals surface area contributed by atoms with Crippen LogP contribution >= 0.6 is 0 Å². The number of aliphatic hydroxyl groups is 1. The second-order valence-electron chi connectivity index (χ2n) is 2.14. The number of hydrogen-bond donors (Lipinski definition) is 1. The molecule has 0 fully saturated rings. The van der Waals surface area contributed by atoms with Gasteiger partial charge < -0.3 is 5.11 Å². The van der Waals surface area contributed by atoms with E-state index in [1.807, 2.05) is 6.08 Å². The molecule has 0 aliphatic rings. The van der Waals surface area contributed by atoms with Crippen LogP contribution in [0.4, 0.5) is 0 Å². The van der Waals surface area contributed by atoms with E-state index in [0.717, 1.165) is 12.8 Å². The molecular weight excluding hydrogens is 100 g/mol. The molecule has 0 aromatic carbocycles. The number of aliphatic hydroxyl groups excluding tert-OH is 1. The van der Waals surface area contributed by atoms with Crippen LogP contribution in [0.25, 0.3) is 0 Å². The first-order valence-electron chi connectivity index (χ1n) is 3.03. The Balaban J connectivity index is 3.03. The summed E-state index contributed by atoms with van der Waals surface area (Å²) in [4.78, 5) is 0. The minimum absolute atomic E-state index is 0.301. The van der Waals surface area contributed by atoms with Gasteiger partial charge in [-0.15, -0.1) is 6.58 Å². The molecule has 1 atom stereocenters. The molecule has 0 saturated carbocycles. The van der Waals surface area contributed by atoms with Crippen molar-refractivity contribution in [2.75, 3.05) is 6.61 Å². The molecule has 8 heavy (non-hydrogen) atoms. The Morgan fingerprint density at radius 2 is 2.38 bits per heavy atom. The zero-order valence-corrected chi connectivity index (χ0v) is 5.43. The maximum Gasteiger partial charge on any atom is 0.0433 e. The molecule has 0 spiro atoms. The SMILES string of the molecule is C=CC[C@@H](C)CCO. The summed E-state index contributed by atoms with van der Waals surface area (Å²) in [6, 6.07) is 0. The Morgan fingerprint density at radius 1 is 1.75 bits per heavy atom. The summed E-state index contributed by atoms with van der Waals surface area (Å²) in [6.07, 6.45) is 3.80. The van der Waals surface area contributed by atoms with E-state index >= 15 is 0 Å². The van der Waals surface area contributed by atoms with E-state index in [2.05, 4.69) is 13.5 Å². The largest absolute Gasteiger partial charge is 0.396 e. The predicted molar refractivity (Wildman–Crippen MR) is 35.7 cm³/mol. The van der Waals surface area contributed by atoms with Crippen molar-refractivity contribution in [3.8, 4) is 0 Å². The highest BCUT2D eigenvalue weighted by molar-refractivity contribution is 4.69. The van der Waals surface area contributed by atoms with Crippen LogP contribution in [-0.2, 0) is 0 Å². The molecule has 0 aromatic heterocycles. The minimum Gasteiger partial charge on any atom is -0.396 e. The molecule has 0 saturated heterocycles. The zero-order chi connectivity index (χ0) is 6.41. The van der Waals surface area contributed by atoms with E-state index in [-0.39, 0.29) is 0 Å². The standard InChI is InChI=1S/C7H14O/c1-3-4-7(2)5-6-8/h3,7-8H,1,4-6H2,2H3/t7-/m1/s1. The highest BCUT2D eigenvalue weighted by Gasteiger charge is 1.95. The van der Waals surface area contributed by atoms with Gasteiger partial charge in [-0.2, -0.15) is 0 Å². The molecule has 0 aliphatic heterocycles. The predicted octanol–water partition coefficient (Wildman–Crippen LogP) is 1.58. The molecule has 0 aliphatic carbocycles. The van der Waals surface area contributed by atoms with Crippen molar-refractivity contribution in [3.63, 3.8) is 0 Å². The third kappa shape index (κ3) is 3.88. The Bertz CT molecular complexity index is 59.4. The van der Waals surface area contributed by atoms with Crippen LogP contribution in [0, 0.1) is 5.92 Å². The van der Waals surface area contributed by atoms with Gasteiger partial charge in [0.05, 0.1) is 0 Å². The van der Waals surface area contributed by atoms with Gasteiger partial charge in [0.25, 0.3) is 0 Å². The Labute approximate surface area is 51.0 Å². The molecule has 1 heteroatoms. The van der Waals surface area contributed by atoms with Crippen LogP contribution in [0.2, 0.25) is 0 Å². The fourth-order valence-electron chi connectivity index (χ4n) is 0.623. The average molecular weight is 114 g/mol. The van der Waals surface area contributed by atoms with Gasteiger partial charge in [0.1, 0.15) is 0 Å². The van der Waals surface area contributed by atoms with Crippen LogP contribution in [0.3, 0.4) is 0 Å². The van der Waals surface area contributed by atoms with Gasteiger partial charge in [0.2, 0.25) is 0 Å². The molecule has 0 radical (unpaired) electrons. The van der Waals surface area contributed by atoms with E-state index in [0.29, 0.717) is 12.5 Å². The van der Waals surface area contributed by atoms with Crippen molar-refractivity contribution in [1.82, 2.24) is 0 Å². The van der Waals surface area contributed by atoms with Crippen LogP contribution in [0.1, 0.15) is 19.8 Å². The van der Waals surface area contributed by atoms with Gasteiger partial charge in [0, 0.05) is 6.61 Å². The Morgan fingerprint density at radius 3 is 2.75 bits per heavy atom. The third-order valence-electron chi connectivity index (χ3n) is 1.19. The summed E-state index contributed by atoms with van der Waals surface area (Å²) in [5, 5.41) is 8.43. The summed E-state index contributed by atoms with van der Waals surface area (Å²) in [5.41, 5.74) is 0. The summed E-state index contributed by atoms with van der Waals surface area (Å²) < 4.78 is 0. The zero-order valence-electron chi connectivity index (χ0n) is 5.43. The second kappa shape index (κ2) is 4.85. The summed E-state index contributed by atoms with van der Waals surface area (Å²) in [5.74, 6) is 0.595. The highest BCUT2D eigenvalue weighted by Crippen LogP contribution is 2.05. The van der Waals surface area contributed by atoms with E-state index in [9.17, 15) is 0 Å². The van der Waals surface area contributed by atoms with Gasteiger partial charge in [0.15, 0.2) is 0 Å². The maximum atomic E-state index is 8.43. The molecular formula is C7H14O. The summed E-state index contributed by atoms with van der Waals surface area (Å²) in [6.45, 7) is 6.01. The van der Waals surface area contributed by atoms with Crippen LogP contribution in [-0.4, -0.2) is 11.7 Å². The van der Waals surface area contributed by atoms with Crippen molar-refractivity contribution < 1.29 is 5.11 Å². The smallest absolute Gasteiger partial charge is 0.0433 e. The van der Waals surface area contributed by atoms with E-state index < -0.39 is 0 Å². The second-order valence-corrected chi connectivity index (χ2v) is 2.14. The number of rotatable bonds is 4. The fraction of sp³-hybridized carbons (Fsp3) is 0.714. The lowest BCUT2D eigenvalue weighted by atomic mass is 10.1. The first-order chi connectivity index (χ1) is 3.81. The van der Waals surface area contributed by atoms with Crippen molar-refractivity contribution in [2.45, 2.75) is 19.8 Å². The molecule has 0 unspecified atom stereocenters. The monoisotopic (exact) mass is 114 g/mol. The summed E-state index contributed by atoms with van der Waals surface area (Å²) >= 11 is 0. The van der Waals surface area contributed by atoms with Crippen molar-refractivity contribution in [2.24, 2.45) is 5.92 Å².